The molecular weight excluding hydrogens is 350 g/mol. The van der Waals surface area contributed by atoms with Gasteiger partial charge < -0.3 is 10.6 Å². The minimum absolute atomic E-state index is 0.0328. The summed E-state index contributed by atoms with van der Waals surface area (Å²) in [5, 5.41) is 7.34. The fraction of sp³-hybridized carbons (Fsp3) is 0.375. The van der Waals surface area contributed by atoms with E-state index in [1.165, 1.54) is 24.2 Å². The van der Waals surface area contributed by atoms with E-state index in [9.17, 15) is 4.79 Å². The van der Waals surface area contributed by atoms with E-state index in [0.717, 1.165) is 20.4 Å². The number of carbonyl (C=O) groups is 1. The third-order valence-corrected chi connectivity index (χ3v) is 6.70. The molecule has 2 fully saturated rings. The fourth-order valence-electron chi connectivity index (χ4n) is 3.28. The Labute approximate surface area is 148 Å². The maximum atomic E-state index is 12.4. The first-order chi connectivity index (χ1) is 11.2. The van der Waals surface area contributed by atoms with Crippen molar-refractivity contribution < 1.29 is 4.79 Å². The number of thiophene rings is 1. The first-order valence-corrected chi connectivity index (χ1v) is 9.63. The highest BCUT2D eigenvalue weighted by atomic mass is 35.5. The van der Waals surface area contributed by atoms with Crippen molar-refractivity contribution in [1.82, 2.24) is 15.6 Å². The molecule has 2 aromatic rings. The number of nitrogens with zero attached hydrogens (tertiary/aromatic N) is 1. The lowest BCUT2D eigenvalue weighted by molar-refractivity contribution is 0.0935. The van der Waals surface area contributed by atoms with E-state index >= 15 is 0 Å². The highest BCUT2D eigenvalue weighted by Gasteiger charge is 2.39. The number of halogens is 1. The van der Waals surface area contributed by atoms with E-state index in [2.05, 4.69) is 15.6 Å². The molecule has 4 heterocycles. The van der Waals surface area contributed by atoms with Crippen LogP contribution in [0.15, 0.2) is 39.7 Å². The third kappa shape index (κ3) is 3.40. The largest absolute Gasteiger partial charge is 0.347 e. The van der Waals surface area contributed by atoms with Crippen molar-refractivity contribution in [3.05, 3.63) is 40.5 Å². The van der Waals surface area contributed by atoms with Crippen LogP contribution in [0.3, 0.4) is 0 Å². The highest BCUT2D eigenvalue weighted by molar-refractivity contribution is 8.01. The molecule has 2 N–H and O–H groups in total. The molecule has 2 aliphatic rings. The smallest absolute Gasteiger partial charge is 0.261 e. The Balaban J connectivity index is 1.40. The third-order valence-electron chi connectivity index (χ3n) is 4.32. The number of amides is 1. The zero-order valence-corrected chi connectivity index (χ0v) is 14.7. The van der Waals surface area contributed by atoms with Crippen LogP contribution in [0.1, 0.15) is 28.9 Å². The maximum absolute atomic E-state index is 12.4. The van der Waals surface area contributed by atoms with Crippen molar-refractivity contribution >= 4 is 40.6 Å². The van der Waals surface area contributed by atoms with Gasteiger partial charge in [-0.05, 0) is 37.5 Å². The van der Waals surface area contributed by atoms with Gasteiger partial charge in [-0.15, -0.1) is 11.3 Å². The topological polar surface area (TPSA) is 54.0 Å². The fourth-order valence-corrected chi connectivity index (χ4v) is 5.56. The lowest BCUT2D eigenvalue weighted by atomic mass is 9.95. The molecule has 0 radical (unpaired) electrons. The number of nitrogens with one attached hydrogen (secondary N) is 2. The molecule has 2 saturated heterocycles. The lowest BCUT2D eigenvalue weighted by Crippen LogP contribution is -2.42. The summed E-state index contributed by atoms with van der Waals surface area (Å²) in [6.45, 7) is 0. The first kappa shape index (κ1) is 15.4. The van der Waals surface area contributed by atoms with E-state index in [-0.39, 0.29) is 11.9 Å². The van der Waals surface area contributed by atoms with Gasteiger partial charge in [0.05, 0.1) is 14.1 Å². The molecule has 1 amide bonds. The molecule has 2 bridgehead atoms. The Morgan fingerprint density at radius 2 is 2.30 bits per heavy atom. The van der Waals surface area contributed by atoms with Crippen molar-refractivity contribution in [2.45, 2.75) is 46.5 Å². The van der Waals surface area contributed by atoms with Gasteiger partial charge in [-0.2, -0.15) is 0 Å². The van der Waals surface area contributed by atoms with Crippen LogP contribution in [0.25, 0.3) is 0 Å². The van der Waals surface area contributed by atoms with Gasteiger partial charge in [0.1, 0.15) is 0 Å². The van der Waals surface area contributed by atoms with Gasteiger partial charge in [0.15, 0.2) is 0 Å². The number of rotatable bonds is 4. The summed E-state index contributed by atoms with van der Waals surface area (Å²) in [6, 6.07) is 7.06. The van der Waals surface area contributed by atoms with Gasteiger partial charge in [0.25, 0.3) is 5.91 Å². The molecule has 0 spiro atoms. The summed E-state index contributed by atoms with van der Waals surface area (Å²) < 4.78 is 1.06. The van der Waals surface area contributed by atoms with Crippen molar-refractivity contribution in [3.8, 4) is 0 Å². The Kier molecular flexibility index (Phi) is 4.32. The number of pyridine rings is 1. The monoisotopic (exact) mass is 365 g/mol. The van der Waals surface area contributed by atoms with Crippen LogP contribution < -0.4 is 10.6 Å². The minimum Gasteiger partial charge on any atom is -0.347 e. The number of carbonyl (C=O) groups excluding carboxylic acids is 1. The molecule has 7 heteroatoms. The standard InChI is InChI=1S/C16H16ClN3OS2/c17-9-5-11(8-18-7-9)22-15-4-3-14(23-15)16(21)20-13-6-10-1-2-12(13)19-10/h3-5,7-8,10,12-13,19H,1-2,6H2,(H,20,21). The summed E-state index contributed by atoms with van der Waals surface area (Å²) in [6.07, 6.45) is 6.85. The van der Waals surface area contributed by atoms with Gasteiger partial charge in [0, 0.05) is 35.4 Å². The molecule has 120 valence electrons. The van der Waals surface area contributed by atoms with Crippen LogP contribution >= 0.6 is 34.7 Å². The summed E-state index contributed by atoms with van der Waals surface area (Å²) in [4.78, 5) is 18.2. The average Bonchev–Trinajstić information content (AvgIpc) is 3.23. The lowest BCUT2D eigenvalue weighted by Gasteiger charge is -2.20. The van der Waals surface area contributed by atoms with Crippen LogP contribution in [-0.2, 0) is 0 Å². The van der Waals surface area contributed by atoms with Gasteiger partial charge in [0.2, 0.25) is 0 Å². The van der Waals surface area contributed by atoms with Crippen LogP contribution in [0.5, 0.6) is 0 Å². The Morgan fingerprint density at radius 3 is 3.04 bits per heavy atom. The normalized spacial score (nSPS) is 25.7. The zero-order chi connectivity index (χ0) is 15.8. The number of fused-ring (bicyclic) bond motifs is 2. The second-order valence-electron chi connectivity index (χ2n) is 5.92. The highest BCUT2D eigenvalue weighted by Crippen LogP contribution is 2.34. The predicted octanol–water partition coefficient (Wildman–Crippen LogP) is 3.57. The molecule has 3 atom stereocenters. The van der Waals surface area contributed by atoms with Gasteiger partial charge >= 0.3 is 0 Å². The molecule has 4 nitrogen and oxygen atoms in total. The molecule has 0 saturated carbocycles. The van der Waals surface area contributed by atoms with E-state index in [1.54, 1.807) is 24.2 Å². The Morgan fingerprint density at radius 1 is 1.39 bits per heavy atom. The second kappa shape index (κ2) is 6.43. The second-order valence-corrected chi connectivity index (χ2v) is 8.82. The van der Waals surface area contributed by atoms with E-state index in [1.807, 2.05) is 18.2 Å². The number of hydrogen-bond donors (Lipinski definition) is 2. The molecule has 2 aromatic heterocycles. The molecule has 2 aliphatic heterocycles. The van der Waals surface area contributed by atoms with Gasteiger partial charge in [-0.3, -0.25) is 9.78 Å². The van der Waals surface area contributed by atoms with Crippen LogP contribution in [0, 0.1) is 0 Å². The number of hydrogen-bond acceptors (Lipinski definition) is 5. The van der Waals surface area contributed by atoms with Crippen molar-refractivity contribution in [2.24, 2.45) is 0 Å². The summed E-state index contributed by atoms with van der Waals surface area (Å²) in [5.74, 6) is 0.0328. The maximum Gasteiger partial charge on any atom is 0.261 e. The van der Waals surface area contributed by atoms with Crippen LogP contribution in [0.2, 0.25) is 5.02 Å². The van der Waals surface area contributed by atoms with Crippen molar-refractivity contribution in [1.29, 1.82) is 0 Å². The SMILES string of the molecule is O=C(NC1CC2CCC1N2)c1ccc(Sc2cncc(Cl)c2)s1. The molecule has 23 heavy (non-hydrogen) atoms. The quantitative estimate of drug-likeness (QED) is 0.869. The van der Waals surface area contributed by atoms with E-state index in [0.29, 0.717) is 17.1 Å². The molecule has 0 aromatic carbocycles. The van der Waals surface area contributed by atoms with Crippen molar-refractivity contribution in [2.75, 3.05) is 0 Å². The number of aromatic nitrogens is 1. The molecule has 0 aliphatic carbocycles. The average molecular weight is 366 g/mol. The van der Waals surface area contributed by atoms with E-state index in [4.69, 9.17) is 11.6 Å². The minimum atomic E-state index is 0.0328. The van der Waals surface area contributed by atoms with Gasteiger partial charge in [-0.1, -0.05) is 23.4 Å². The summed E-state index contributed by atoms with van der Waals surface area (Å²) in [5.41, 5.74) is 0. The summed E-state index contributed by atoms with van der Waals surface area (Å²) in [7, 11) is 0. The predicted molar refractivity (Wildman–Crippen MR) is 93.5 cm³/mol. The summed E-state index contributed by atoms with van der Waals surface area (Å²) >= 11 is 9.03. The van der Waals surface area contributed by atoms with Crippen molar-refractivity contribution in [3.63, 3.8) is 0 Å². The molecule has 3 unspecified atom stereocenters. The van der Waals surface area contributed by atoms with Crippen LogP contribution in [-0.4, -0.2) is 29.0 Å². The zero-order valence-electron chi connectivity index (χ0n) is 12.3. The first-order valence-electron chi connectivity index (χ1n) is 7.62. The molecular formula is C16H16ClN3OS2. The van der Waals surface area contributed by atoms with E-state index < -0.39 is 0 Å². The van der Waals surface area contributed by atoms with Gasteiger partial charge in [-0.25, -0.2) is 0 Å². The van der Waals surface area contributed by atoms with Crippen LogP contribution in [0.4, 0.5) is 0 Å². The Hall–Kier alpha value is -1.08. The Bertz CT molecular complexity index is 736. The molecule has 4 rings (SSSR count).